The van der Waals surface area contributed by atoms with Crippen molar-refractivity contribution < 1.29 is 17.6 Å². The second-order valence-corrected chi connectivity index (χ2v) is 12.9. The lowest BCUT2D eigenvalue weighted by Gasteiger charge is -2.38. The van der Waals surface area contributed by atoms with Crippen molar-refractivity contribution in [1.29, 1.82) is 0 Å². The normalized spacial score (nSPS) is 21.0. The van der Waals surface area contributed by atoms with Crippen molar-refractivity contribution in [3.8, 4) is 22.4 Å². The Morgan fingerprint density at radius 2 is 1.68 bits per heavy atom. The number of nitrogens with one attached hydrogen (secondary N) is 1. The number of hydrogen-bond acceptors (Lipinski definition) is 6. The number of likely N-dealkylation sites (tertiary alicyclic amines) is 1. The van der Waals surface area contributed by atoms with Gasteiger partial charge in [-0.25, -0.2) is 12.8 Å². The molecule has 7 nitrogen and oxygen atoms in total. The molecular weight excluding hydrogens is 527 g/mol. The van der Waals surface area contributed by atoms with Crippen molar-refractivity contribution in [1.82, 2.24) is 9.88 Å². The van der Waals surface area contributed by atoms with E-state index in [1.807, 2.05) is 53.4 Å². The van der Waals surface area contributed by atoms with Crippen LogP contribution in [0.3, 0.4) is 0 Å². The SMILES string of the molecule is NC1(c2ccc(-c3ncc(NC(=O)[C@@H](F)C4CCN(C5([SH](=O)=O)CC5)CC4)cc3-c3ccccc3)cc2)CCC1. The Kier molecular flexibility index (Phi) is 7.23. The number of carbonyl (C=O) groups excluding carboxylic acids is 1. The lowest BCUT2D eigenvalue weighted by Crippen LogP contribution is -2.46. The molecule has 3 fully saturated rings. The number of rotatable bonds is 8. The molecular formula is C31H35FN4O3S. The van der Waals surface area contributed by atoms with Crippen LogP contribution in [0.25, 0.3) is 22.4 Å². The van der Waals surface area contributed by atoms with E-state index in [1.165, 1.54) is 0 Å². The van der Waals surface area contributed by atoms with Gasteiger partial charge in [0.1, 0.15) is 4.87 Å². The number of pyridine rings is 1. The molecule has 3 aliphatic rings. The third kappa shape index (κ3) is 5.06. The molecule has 6 rings (SSSR count). The molecule has 40 heavy (non-hydrogen) atoms. The Morgan fingerprint density at radius 1 is 1.00 bits per heavy atom. The van der Waals surface area contributed by atoms with E-state index in [2.05, 4.69) is 17.4 Å². The summed E-state index contributed by atoms with van der Waals surface area (Å²) in [5.74, 6) is -1.14. The molecule has 9 heteroatoms. The number of halogens is 1. The predicted molar refractivity (Wildman–Crippen MR) is 155 cm³/mol. The first-order chi connectivity index (χ1) is 19.3. The second-order valence-electron chi connectivity index (χ2n) is 11.5. The third-order valence-corrected chi connectivity index (χ3v) is 10.5. The molecule has 2 aromatic carbocycles. The van der Waals surface area contributed by atoms with Crippen molar-refractivity contribution in [3.63, 3.8) is 0 Å². The molecule has 2 aliphatic carbocycles. The van der Waals surface area contributed by atoms with E-state index in [0.717, 1.165) is 47.2 Å². The zero-order valence-electron chi connectivity index (χ0n) is 22.4. The molecule has 1 saturated heterocycles. The number of amides is 1. The fraction of sp³-hybridized carbons (Fsp3) is 0.419. The summed E-state index contributed by atoms with van der Waals surface area (Å²) >= 11 is 0. The first kappa shape index (κ1) is 27.1. The largest absolute Gasteiger partial charge is 0.322 e. The van der Waals surface area contributed by atoms with E-state index in [4.69, 9.17) is 10.7 Å². The molecule has 210 valence electrons. The van der Waals surface area contributed by atoms with Crippen LogP contribution in [0.1, 0.15) is 50.5 Å². The maximum Gasteiger partial charge on any atom is 0.259 e. The van der Waals surface area contributed by atoms with Crippen molar-refractivity contribution in [2.75, 3.05) is 18.4 Å². The molecule has 0 radical (unpaired) electrons. The smallest absolute Gasteiger partial charge is 0.259 e. The number of hydrogen-bond donors (Lipinski definition) is 3. The van der Waals surface area contributed by atoms with Crippen LogP contribution in [0.4, 0.5) is 10.1 Å². The van der Waals surface area contributed by atoms with Crippen LogP contribution in [0.5, 0.6) is 0 Å². The van der Waals surface area contributed by atoms with Crippen LogP contribution >= 0.6 is 0 Å². The van der Waals surface area contributed by atoms with Gasteiger partial charge in [0.2, 0.25) is 0 Å². The highest BCUT2D eigenvalue weighted by molar-refractivity contribution is 7.74. The minimum absolute atomic E-state index is 0.240. The molecule has 1 aromatic heterocycles. The van der Waals surface area contributed by atoms with Gasteiger partial charge in [0.05, 0.1) is 17.6 Å². The number of carbonyl (C=O) groups is 1. The van der Waals surface area contributed by atoms with Gasteiger partial charge in [-0.2, -0.15) is 0 Å². The van der Waals surface area contributed by atoms with Gasteiger partial charge in [-0.3, -0.25) is 14.7 Å². The van der Waals surface area contributed by atoms with Crippen LogP contribution in [0.15, 0.2) is 66.9 Å². The van der Waals surface area contributed by atoms with E-state index < -0.39 is 33.6 Å². The van der Waals surface area contributed by atoms with E-state index >= 15 is 4.39 Å². The lowest BCUT2D eigenvalue weighted by atomic mass is 9.72. The topological polar surface area (TPSA) is 105 Å². The van der Waals surface area contributed by atoms with Gasteiger partial charge in [-0.15, -0.1) is 0 Å². The summed E-state index contributed by atoms with van der Waals surface area (Å²) in [6.07, 6.45) is 5.20. The average molecular weight is 563 g/mol. The van der Waals surface area contributed by atoms with E-state index in [9.17, 15) is 13.2 Å². The van der Waals surface area contributed by atoms with E-state index in [0.29, 0.717) is 44.5 Å². The number of aromatic nitrogens is 1. The van der Waals surface area contributed by atoms with Gasteiger partial charge in [-0.1, -0.05) is 54.6 Å². The molecule has 1 amide bonds. The fourth-order valence-corrected chi connectivity index (χ4v) is 7.07. The number of alkyl halides is 1. The number of piperidine rings is 1. The summed E-state index contributed by atoms with van der Waals surface area (Å²) in [7, 11) is -2.54. The van der Waals surface area contributed by atoms with Crippen LogP contribution in [-0.2, 0) is 21.0 Å². The van der Waals surface area contributed by atoms with Gasteiger partial charge >= 0.3 is 0 Å². The summed E-state index contributed by atoms with van der Waals surface area (Å²) in [6.45, 7) is 0.973. The van der Waals surface area contributed by atoms with Crippen LogP contribution in [-0.4, -0.2) is 48.3 Å². The molecule has 0 spiro atoms. The molecule has 2 heterocycles. The molecule has 2 saturated carbocycles. The summed E-state index contributed by atoms with van der Waals surface area (Å²) in [6, 6.07) is 19.9. The molecule has 3 aromatic rings. The Balaban J connectivity index is 1.18. The highest BCUT2D eigenvalue weighted by Gasteiger charge is 2.52. The van der Waals surface area contributed by atoms with Gasteiger partial charge in [-0.05, 0) is 62.1 Å². The standard InChI is InChI=1S/C31H35FN4O3S/c32-27(22-11-17-36(18-12-22)31(15-16-31)40(38)39)29(37)35-25-19-26(21-5-2-1-3-6-21)28(34-20-25)23-7-9-24(10-8-23)30(33)13-4-14-30/h1-3,5-10,19-20,22,27,40H,4,11-18,33H2,(H,35,37)/t27-/m0/s1. The summed E-state index contributed by atoms with van der Waals surface area (Å²) in [5.41, 5.74) is 11.3. The molecule has 0 bridgehead atoms. The predicted octanol–water partition coefficient (Wildman–Crippen LogP) is 4.84. The Hall–Kier alpha value is -3.14. The minimum Gasteiger partial charge on any atom is -0.322 e. The molecule has 3 N–H and O–H groups in total. The fourth-order valence-electron chi connectivity index (χ4n) is 6.17. The first-order valence-electron chi connectivity index (χ1n) is 14.1. The average Bonchev–Trinajstić information content (AvgIpc) is 3.79. The van der Waals surface area contributed by atoms with Crippen LogP contribution in [0.2, 0.25) is 0 Å². The monoisotopic (exact) mass is 562 g/mol. The highest BCUT2D eigenvalue weighted by Crippen LogP contribution is 2.45. The van der Waals surface area contributed by atoms with Gasteiger partial charge in [0.25, 0.3) is 5.91 Å². The third-order valence-electron chi connectivity index (χ3n) is 9.05. The van der Waals surface area contributed by atoms with Crippen molar-refractivity contribution in [2.24, 2.45) is 11.7 Å². The lowest BCUT2D eigenvalue weighted by molar-refractivity contribution is -0.123. The zero-order valence-corrected chi connectivity index (χ0v) is 23.3. The van der Waals surface area contributed by atoms with Crippen LogP contribution < -0.4 is 11.1 Å². The van der Waals surface area contributed by atoms with Crippen LogP contribution in [0, 0.1) is 5.92 Å². The molecule has 0 unspecified atom stereocenters. The van der Waals surface area contributed by atoms with Crippen molar-refractivity contribution in [2.45, 2.75) is 61.5 Å². The van der Waals surface area contributed by atoms with E-state index in [1.54, 1.807) is 6.20 Å². The minimum atomic E-state index is -2.54. The van der Waals surface area contributed by atoms with Gasteiger partial charge in [0.15, 0.2) is 16.9 Å². The summed E-state index contributed by atoms with van der Waals surface area (Å²) in [5, 5.41) is 2.74. The second kappa shape index (κ2) is 10.7. The van der Waals surface area contributed by atoms with E-state index in [-0.39, 0.29) is 5.54 Å². The van der Waals surface area contributed by atoms with Gasteiger partial charge in [0, 0.05) is 35.7 Å². The maximum atomic E-state index is 15.3. The molecule has 1 atom stereocenters. The van der Waals surface area contributed by atoms with Gasteiger partial charge < -0.3 is 11.1 Å². The number of nitrogens with two attached hydrogens (primary N) is 1. The van der Waals surface area contributed by atoms with Crippen molar-refractivity contribution in [3.05, 3.63) is 72.4 Å². The number of thiol groups is 1. The quantitative estimate of drug-likeness (QED) is 0.339. The molecule has 1 aliphatic heterocycles. The summed E-state index contributed by atoms with van der Waals surface area (Å²) in [4.78, 5) is 18.9. The summed E-state index contributed by atoms with van der Waals surface area (Å²) < 4.78 is 38.7. The zero-order chi connectivity index (χ0) is 27.9. The maximum absolute atomic E-state index is 15.3. The Labute approximate surface area is 235 Å². The highest BCUT2D eigenvalue weighted by atomic mass is 32.2. The number of nitrogens with zero attached hydrogens (tertiary/aromatic N) is 2. The first-order valence-corrected chi connectivity index (χ1v) is 15.3. The Bertz CT molecular complexity index is 1450. The Morgan fingerprint density at radius 3 is 2.25 bits per heavy atom. The number of benzene rings is 2. The number of anilines is 1. The van der Waals surface area contributed by atoms with Crippen molar-refractivity contribution >= 4 is 22.3 Å².